The Hall–Kier alpha value is -3.41. The first-order valence-electron chi connectivity index (χ1n) is 9.89. The van der Waals surface area contributed by atoms with Gasteiger partial charge in [-0.1, -0.05) is 44.5 Å². The Morgan fingerprint density at radius 1 is 1.14 bits per heavy atom. The SMILES string of the molecule is CCC(C)C(NC(=O)Cn1ccc(=O)c2ccccc21)c1nc2ccccc2[nH]1. The van der Waals surface area contributed by atoms with Gasteiger partial charge in [0, 0.05) is 17.6 Å². The molecule has 6 nitrogen and oxygen atoms in total. The van der Waals surface area contributed by atoms with Gasteiger partial charge in [0.15, 0.2) is 5.43 Å². The number of aromatic nitrogens is 3. The first-order chi connectivity index (χ1) is 14.1. The molecule has 0 aliphatic rings. The topological polar surface area (TPSA) is 79.8 Å². The lowest BCUT2D eigenvalue weighted by atomic mass is 9.98. The predicted molar refractivity (Wildman–Crippen MR) is 115 cm³/mol. The zero-order valence-electron chi connectivity index (χ0n) is 16.6. The summed E-state index contributed by atoms with van der Waals surface area (Å²) >= 11 is 0. The summed E-state index contributed by atoms with van der Waals surface area (Å²) in [5.41, 5.74) is 2.55. The average molecular weight is 388 g/mol. The number of hydrogen-bond donors (Lipinski definition) is 2. The van der Waals surface area contributed by atoms with E-state index in [1.807, 2.05) is 42.5 Å². The standard InChI is InChI=1S/C23H24N4O2/c1-3-15(2)22(23-24-17-9-5-6-10-18(17)25-23)26-21(29)14-27-13-12-20(28)16-8-4-7-11-19(16)27/h4-13,15,22H,3,14H2,1-2H3,(H,24,25)(H,26,29). The normalized spacial score (nSPS) is 13.4. The third-order valence-corrected chi connectivity index (χ3v) is 5.43. The van der Waals surface area contributed by atoms with Gasteiger partial charge in [0.25, 0.3) is 0 Å². The number of carbonyl (C=O) groups is 1. The molecule has 0 radical (unpaired) electrons. The van der Waals surface area contributed by atoms with E-state index in [1.54, 1.807) is 16.8 Å². The lowest BCUT2D eigenvalue weighted by molar-refractivity contribution is -0.122. The number of imidazole rings is 1. The molecule has 4 aromatic rings. The van der Waals surface area contributed by atoms with E-state index in [0.29, 0.717) is 5.39 Å². The van der Waals surface area contributed by atoms with Crippen LogP contribution < -0.4 is 10.7 Å². The maximum absolute atomic E-state index is 12.9. The van der Waals surface area contributed by atoms with Crippen LogP contribution in [-0.4, -0.2) is 20.4 Å². The number of rotatable bonds is 6. The molecule has 0 saturated heterocycles. The van der Waals surface area contributed by atoms with Gasteiger partial charge in [-0.2, -0.15) is 0 Å². The van der Waals surface area contributed by atoms with E-state index in [0.717, 1.165) is 28.8 Å². The first-order valence-corrected chi connectivity index (χ1v) is 9.89. The fourth-order valence-electron chi connectivity index (χ4n) is 3.61. The molecule has 0 bridgehead atoms. The fourth-order valence-corrected chi connectivity index (χ4v) is 3.61. The zero-order valence-corrected chi connectivity index (χ0v) is 16.6. The van der Waals surface area contributed by atoms with E-state index in [4.69, 9.17) is 0 Å². The van der Waals surface area contributed by atoms with Gasteiger partial charge in [0.2, 0.25) is 5.91 Å². The van der Waals surface area contributed by atoms with Crippen LogP contribution in [0.25, 0.3) is 21.9 Å². The number of aromatic amines is 1. The van der Waals surface area contributed by atoms with Crippen molar-refractivity contribution in [2.24, 2.45) is 5.92 Å². The van der Waals surface area contributed by atoms with E-state index < -0.39 is 0 Å². The second-order valence-corrected chi connectivity index (χ2v) is 7.39. The Morgan fingerprint density at radius 2 is 1.90 bits per heavy atom. The summed E-state index contributed by atoms with van der Waals surface area (Å²) in [5, 5.41) is 3.75. The van der Waals surface area contributed by atoms with Gasteiger partial charge in [-0.3, -0.25) is 9.59 Å². The van der Waals surface area contributed by atoms with Crippen LogP contribution in [-0.2, 0) is 11.3 Å². The van der Waals surface area contributed by atoms with Gasteiger partial charge in [-0.15, -0.1) is 0 Å². The summed E-state index contributed by atoms with van der Waals surface area (Å²) < 4.78 is 1.80. The highest BCUT2D eigenvalue weighted by Gasteiger charge is 2.23. The van der Waals surface area contributed by atoms with Crippen LogP contribution in [0, 0.1) is 5.92 Å². The van der Waals surface area contributed by atoms with Crippen LogP contribution in [0.5, 0.6) is 0 Å². The number of hydrogen-bond acceptors (Lipinski definition) is 3. The molecule has 2 aromatic carbocycles. The molecule has 148 valence electrons. The number of benzene rings is 2. The van der Waals surface area contributed by atoms with E-state index in [2.05, 4.69) is 29.1 Å². The lowest BCUT2D eigenvalue weighted by Crippen LogP contribution is -2.35. The van der Waals surface area contributed by atoms with Crippen molar-refractivity contribution < 1.29 is 4.79 Å². The molecule has 0 aliphatic heterocycles. The Balaban J connectivity index is 1.61. The summed E-state index contributed by atoms with van der Waals surface area (Å²) in [6.07, 6.45) is 2.58. The summed E-state index contributed by atoms with van der Waals surface area (Å²) in [4.78, 5) is 33.0. The van der Waals surface area contributed by atoms with Gasteiger partial charge in [0.1, 0.15) is 12.4 Å². The van der Waals surface area contributed by atoms with Gasteiger partial charge < -0.3 is 14.9 Å². The minimum atomic E-state index is -0.217. The van der Waals surface area contributed by atoms with Crippen LogP contribution in [0.4, 0.5) is 0 Å². The molecule has 0 saturated carbocycles. The molecule has 1 amide bonds. The molecule has 2 N–H and O–H groups in total. The second-order valence-electron chi connectivity index (χ2n) is 7.39. The van der Waals surface area contributed by atoms with E-state index in [9.17, 15) is 9.59 Å². The molecule has 6 heteroatoms. The monoisotopic (exact) mass is 388 g/mol. The van der Waals surface area contributed by atoms with Crippen molar-refractivity contribution in [2.75, 3.05) is 0 Å². The predicted octanol–water partition coefficient (Wildman–Crippen LogP) is 3.78. The number of fused-ring (bicyclic) bond motifs is 2. The van der Waals surface area contributed by atoms with Gasteiger partial charge in [-0.25, -0.2) is 4.98 Å². The van der Waals surface area contributed by atoms with Gasteiger partial charge >= 0.3 is 0 Å². The van der Waals surface area contributed by atoms with Crippen molar-refractivity contribution in [3.8, 4) is 0 Å². The number of H-pyrrole nitrogens is 1. The average Bonchev–Trinajstić information content (AvgIpc) is 3.17. The fraction of sp³-hybridized carbons (Fsp3) is 0.261. The van der Waals surface area contributed by atoms with Crippen molar-refractivity contribution in [3.63, 3.8) is 0 Å². The van der Waals surface area contributed by atoms with E-state index >= 15 is 0 Å². The van der Waals surface area contributed by atoms with Gasteiger partial charge in [0.05, 0.1) is 22.6 Å². The molecule has 29 heavy (non-hydrogen) atoms. The molecule has 2 unspecified atom stereocenters. The highest BCUT2D eigenvalue weighted by Crippen LogP contribution is 2.24. The van der Waals surface area contributed by atoms with Gasteiger partial charge in [-0.05, 0) is 30.2 Å². The third-order valence-electron chi connectivity index (χ3n) is 5.43. The molecule has 0 aliphatic carbocycles. The Kier molecular flexibility index (Phi) is 5.16. The first kappa shape index (κ1) is 18.9. The lowest BCUT2D eigenvalue weighted by Gasteiger charge is -2.23. The number of carbonyl (C=O) groups excluding carboxylic acids is 1. The van der Waals surface area contributed by atoms with Crippen molar-refractivity contribution in [1.82, 2.24) is 19.9 Å². The molecule has 4 rings (SSSR count). The number of amides is 1. The Morgan fingerprint density at radius 3 is 2.69 bits per heavy atom. The highest BCUT2D eigenvalue weighted by atomic mass is 16.2. The number of nitrogens with one attached hydrogen (secondary N) is 2. The Labute approximate surface area is 168 Å². The number of para-hydroxylation sites is 3. The third kappa shape index (κ3) is 3.78. The smallest absolute Gasteiger partial charge is 0.240 e. The molecule has 0 spiro atoms. The van der Waals surface area contributed by atoms with Crippen molar-refractivity contribution in [1.29, 1.82) is 0 Å². The summed E-state index contributed by atoms with van der Waals surface area (Å²) in [6.45, 7) is 4.34. The number of nitrogens with zero attached hydrogens (tertiary/aromatic N) is 2. The van der Waals surface area contributed by atoms with Crippen LogP contribution in [0.2, 0.25) is 0 Å². The van der Waals surface area contributed by atoms with Crippen LogP contribution in [0.1, 0.15) is 32.1 Å². The Bertz CT molecular complexity index is 1190. The summed E-state index contributed by atoms with van der Waals surface area (Å²) in [5.74, 6) is 0.855. The zero-order chi connectivity index (χ0) is 20.4. The molecule has 2 heterocycles. The maximum atomic E-state index is 12.9. The quantitative estimate of drug-likeness (QED) is 0.527. The molecular formula is C23H24N4O2. The largest absolute Gasteiger partial charge is 0.344 e. The summed E-state index contributed by atoms with van der Waals surface area (Å²) in [7, 11) is 0. The van der Waals surface area contributed by atoms with E-state index in [-0.39, 0.29) is 29.8 Å². The summed E-state index contributed by atoms with van der Waals surface area (Å²) in [6, 6.07) is 16.5. The van der Waals surface area contributed by atoms with Crippen molar-refractivity contribution in [3.05, 3.63) is 76.8 Å². The minimum absolute atomic E-state index is 0.0444. The number of pyridine rings is 1. The maximum Gasteiger partial charge on any atom is 0.240 e. The molecule has 2 atom stereocenters. The molecule has 0 fully saturated rings. The van der Waals surface area contributed by atoms with Crippen LogP contribution >= 0.6 is 0 Å². The second kappa shape index (κ2) is 7.91. The minimum Gasteiger partial charge on any atom is -0.344 e. The van der Waals surface area contributed by atoms with Crippen molar-refractivity contribution >= 4 is 27.8 Å². The van der Waals surface area contributed by atoms with Crippen molar-refractivity contribution in [2.45, 2.75) is 32.9 Å². The molecular weight excluding hydrogens is 364 g/mol. The van der Waals surface area contributed by atoms with Crippen LogP contribution in [0.15, 0.2) is 65.6 Å². The van der Waals surface area contributed by atoms with Crippen LogP contribution in [0.3, 0.4) is 0 Å². The van der Waals surface area contributed by atoms with E-state index in [1.165, 1.54) is 6.07 Å². The molecule has 2 aromatic heterocycles. The highest BCUT2D eigenvalue weighted by molar-refractivity contribution is 5.82.